The van der Waals surface area contributed by atoms with Gasteiger partial charge in [0, 0.05) is 37.5 Å². The first kappa shape index (κ1) is 22.1. The third-order valence-corrected chi connectivity index (χ3v) is 7.79. The normalized spacial score (nSPS) is 18.5. The second-order valence-electron chi connectivity index (χ2n) is 9.13. The molecule has 6 nitrogen and oxygen atoms in total. The molecule has 1 fully saturated rings. The van der Waals surface area contributed by atoms with E-state index in [0.29, 0.717) is 32.1 Å². The summed E-state index contributed by atoms with van der Waals surface area (Å²) < 4.78 is 13.9. The molecule has 1 unspecified atom stereocenters. The molecule has 33 heavy (non-hydrogen) atoms. The molecule has 8 heteroatoms. The van der Waals surface area contributed by atoms with Crippen molar-refractivity contribution in [2.45, 2.75) is 46.0 Å². The van der Waals surface area contributed by atoms with Crippen molar-refractivity contribution < 1.29 is 9.18 Å². The average molecular weight is 468 g/mol. The Morgan fingerprint density at radius 1 is 1.21 bits per heavy atom. The van der Waals surface area contributed by atoms with Gasteiger partial charge in [-0.05, 0) is 49.3 Å². The number of thiophene rings is 1. The molecular weight excluding hydrogens is 437 g/mol. The summed E-state index contributed by atoms with van der Waals surface area (Å²) in [6.45, 7) is 7.01. The fourth-order valence-electron chi connectivity index (χ4n) is 4.81. The number of para-hydroxylation sites is 1. The summed E-state index contributed by atoms with van der Waals surface area (Å²) in [5, 5.41) is 3.93. The number of rotatable bonds is 4. The quantitative estimate of drug-likeness (QED) is 0.568. The number of piperazine rings is 1. The molecule has 1 aromatic carbocycles. The fourth-order valence-corrected chi connectivity index (χ4v) is 6.20. The molecule has 0 saturated carbocycles. The zero-order valence-corrected chi connectivity index (χ0v) is 20.1. The predicted octanol–water partition coefficient (Wildman–Crippen LogP) is 5.26. The number of halogens is 1. The highest BCUT2D eigenvalue weighted by Gasteiger charge is 2.28. The molecule has 1 N–H and O–H groups in total. The molecule has 1 aliphatic carbocycles. The van der Waals surface area contributed by atoms with Crippen molar-refractivity contribution in [2.24, 2.45) is 5.92 Å². The molecule has 0 bridgehead atoms. The van der Waals surface area contributed by atoms with Crippen molar-refractivity contribution in [1.82, 2.24) is 14.9 Å². The third-order valence-electron chi connectivity index (χ3n) is 6.64. The average Bonchev–Trinajstić information content (AvgIpc) is 3.17. The van der Waals surface area contributed by atoms with Gasteiger partial charge in [0.05, 0.1) is 11.1 Å². The molecule has 1 aliphatic heterocycles. The lowest BCUT2D eigenvalue weighted by molar-refractivity contribution is 0.208. The van der Waals surface area contributed by atoms with Gasteiger partial charge >= 0.3 is 6.03 Å². The minimum absolute atomic E-state index is 0.214. The van der Waals surface area contributed by atoms with E-state index >= 15 is 0 Å². The van der Waals surface area contributed by atoms with Crippen molar-refractivity contribution >= 4 is 39.1 Å². The number of anilines is 2. The van der Waals surface area contributed by atoms with E-state index in [0.717, 1.165) is 42.2 Å². The number of aromatic nitrogens is 2. The summed E-state index contributed by atoms with van der Waals surface area (Å²) in [5.41, 5.74) is 1.65. The number of benzene rings is 1. The molecule has 1 saturated heterocycles. The van der Waals surface area contributed by atoms with Crippen LogP contribution in [0.3, 0.4) is 0 Å². The number of aryl methyl sites for hydroxylation is 2. The summed E-state index contributed by atoms with van der Waals surface area (Å²) in [4.78, 5) is 29.3. The lowest BCUT2D eigenvalue weighted by atomic mass is 9.89. The van der Waals surface area contributed by atoms with Gasteiger partial charge in [0.2, 0.25) is 0 Å². The summed E-state index contributed by atoms with van der Waals surface area (Å²) in [5.74, 6) is 2.23. The highest BCUT2D eigenvalue weighted by atomic mass is 32.1. The van der Waals surface area contributed by atoms with Crippen LogP contribution in [0, 0.1) is 11.7 Å². The minimum Gasteiger partial charge on any atom is -0.352 e. The van der Waals surface area contributed by atoms with E-state index in [1.54, 1.807) is 23.1 Å². The number of hydrogen-bond donors (Lipinski definition) is 1. The van der Waals surface area contributed by atoms with E-state index in [2.05, 4.69) is 24.1 Å². The number of amides is 2. The van der Waals surface area contributed by atoms with Gasteiger partial charge in [-0.15, -0.1) is 11.3 Å². The second-order valence-corrected chi connectivity index (χ2v) is 10.2. The van der Waals surface area contributed by atoms with E-state index < -0.39 is 5.82 Å². The Hall–Kier alpha value is -2.74. The van der Waals surface area contributed by atoms with Crippen LogP contribution < -0.4 is 10.2 Å². The molecule has 174 valence electrons. The molecule has 2 amide bonds. The van der Waals surface area contributed by atoms with Crippen molar-refractivity contribution in [1.29, 1.82) is 0 Å². The zero-order valence-electron chi connectivity index (χ0n) is 19.2. The van der Waals surface area contributed by atoms with Gasteiger partial charge < -0.3 is 15.1 Å². The van der Waals surface area contributed by atoms with Crippen LogP contribution in [0.15, 0.2) is 24.3 Å². The number of carbonyl (C=O) groups excluding carboxylic acids is 1. The maximum Gasteiger partial charge on any atom is 0.322 e. The number of hydrogen-bond acceptors (Lipinski definition) is 5. The number of carbonyl (C=O) groups is 1. The van der Waals surface area contributed by atoms with E-state index in [-0.39, 0.29) is 11.7 Å². The SMILES string of the molecule is CCCc1nc(N2CCN(C(=O)Nc3ccccc3F)CC2)c2c3c(sc2n1)CC(C)CC3. The fraction of sp³-hybridized carbons (Fsp3) is 0.480. The lowest BCUT2D eigenvalue weighted by Gasteiger charge is -2.36. The standard InChI is InChI=1S/C25H30FN5OS/c1-3-6-21-28-23(22-17-10-9-16(2)15-20(17)33-24(22)29-21)30-11-13-31(14-12-30)25(32)27-19-8-5-4-7-18(19)26/h4-5,7-8,16H,3,6,9-15H2,1-2H3,(H,27,32). The molecule has 0 radical (unpaired) electrons. The molecule has 2 aromatic heterocycles. The van der Waals surface area contributed by atoms with Crippen LogP contribution in [0.5, 0.6) is 0 Å². The van der Waals surface area contributed by atoms with E-state index in [1.165, 1.54) is 28.3 Å². The Morgan fingerprint density at radius 3 is 2.76 bits per heavy atom. The molecule has 0 spiro atoms. The van der Waals surface area contributed by atoms with Gasteiger partial charge in [-0.3, -0.25) is 0 Å². The van der Waals surface area contributed by atoms with E-state index in [4.69, 9.17) is 9.97 Å². The lowest BCUT2D eigenvalue weighted by Crippen LogP contribution is -2.50. The van der Waals surface area contributed by atoms with Crippen molar-refractivity contribution in [3.63, 3.8) is 0 Å². The summed E-state index contributed by atoms with van der Waals surface area (Å²) in [7, 11) is 0. The third kappa shape index (κ3) is 4.40. The second kappa shape index (κ2) is 9.25. The number of urea groups is 1. The summed E-state index contributed by atoms with van der Waals surface area (Å²) in [6.07, 6.45) is 5.30. The van der Waals surface area contributed by atoms with Crippen molar-refractivity contribution in [2.75, 3.05) is 36.4 Å². The predicted molar refractivity (Wildman–Crippen MR) is 132 cm³/mol. The molecule has 3 aromatic rings. The van der Waals surface area contributed by atoms with Crippen LogP contribution in [0.4, 0.5) is 20.7 Å². The van der Waals surface area contributed by atoms with Gasteiger partial charge in [-0.2, -0.15) is 0 Å². The van der Waals surface area contributed by atoms with Crippen LogP contribution in [0.25, 0.3) is 10.2 Å². The maximum absolute atomic E-state index is 13.9. The van der Waals surface area contributed by atoms with Crippen LogP contribution >= 0.6 is 11.3 Å². The Labute approximate surface area is 197 Å². The molecular formula is C25H30FN5OS. The van der Waals surface area contributed by atoms with E-state index in [1.807, 2.05) is 11.3 Å². The maximum atomic E-state index is 13.9. The highest BCUT2D eigenvalue weighted by molar-refractivity contribution is 7.19. The Bertz CT molecular complexity index is 1170. The molecule has 5 rings (SSSR count). The first-order chi connectivity index (χ1) is 16.0. The first-order valence-electron chi connectivity index (χ1n) is 11.9. The van der Waals surface area contributed by atoms with Crippen LogP contribution in [-0.4, -0.2) is 47.1 Å². The van der Waals surface area contributed by atoms with Crippen LogP contribution in [-0.2, 0) is 19.3 Å². The summed E-state index contributed by atoms with van der Waals surface area (Å²) >= 11 is 1.84. The Morgan fingerprint density at radius 2 is 2.00 bits per heavy atom. The van der Waals surface area contributed by atoms with Crippen LogP contribution in [0.1, 0.15) is 43.0 Å². The van der Waals surface area contributed by atoms with Crippen molar-refractivity contribution in [3.8, 4) is 0 Å². The Balaban J connectivity index is 1.37. The number of nitrogens with one attached hydrogen (secondary N) is 1. The monoisotopic (exact) mass is 467 g/mol. The number of fused-ring (bicyclic) bond motifs is 3. The van der Waals surface area contributed by atoms with Gasteiger partial charge in [-0.1, -0.05) is 26.0 Å². The zero-order chi connectivity index (χ0) is 22.9. The molecule has 3 heterocycles. The minimum atomic E-state index is -0.423. The number of nitrogens with zero attached hydrogens (tertiary/aromatic N) is 4. The van der Waals surface area contributed by atoms with Gasteiger partial charge in [0.15, 0.2) is 0 Å². The molecule has 1 atom stereocenters. The topological polar surface area (TPSA) is 61.4 Å². The Kier molecular flexibility index (Phi) is 6.19. The van der Waals surface area contributed by atoms with Crippen LogP contribution in [0.2, 0.25) is 0 Å². The summed E-state index contributed by atoms with van der Waals surface area (Å²) in [6, 6.07) is 6.00. The smallest absolute Gasteiger partial charge is 0.322 e. The van der Waals surface area contributed by atoms with Gasteiger partial charge in [-0.25, -0.2) is 19.2 Å². The van der Waals surface area contributed by atoms with E-state index in [9.17, 15) is 9.18 Å². The largest absolute Gasteiger partial charge is 0.352 e. The highest BCUT2D eigenvalue weighted by Crippen LogP contribution is 2.41. The van der Waals surface area contributed by atoms with Gasteiger partial charge in [0.25, 0.3) is 0 Å². The molecule has 2 aliphatic rings. The van der Waals surface area contributed by atoms with Crippen molar-refractivity contribution in [3.05, 3.63) is 46.3 Å². The first-order valence-corrected chi connectivity index (χ1v) is 12.7. The van der Waals surface area contributed by atoms with Gasteiger partial charge in [0.1, 0.15) is 22.3 Å².